The van der Waals surface area contributed by atoms with Crippen molar-refractivity contribution >= 4 is 23.6 Å². The van der Waals surface area contributed by atoms with Gasteiger partial charge in [-0.2, -0.15) is 11.8 Å². The number of rotatable bonds is 14. The van der Waals surface area contributed by atoms with E-state index in [0.717, 1.165) is 41.9 Å². The Bertz CT molecular complexity index is 764. The molecule has 1 aromatic carbocycles. The smallest absolute Gasteiger partial charge is 0.303 e. The van der Waals surface area contributed by atoms with Crippen molar-refractivity contribution in [3.63, 3.8) is 0 Å². The number of nitrogens with zero attached hydrogens (tertiary/aromatic N) is 1. The molecule has 1 saturated heterocycles. The van der Waals surface area contributed by atoms with Gasteiger partial charge in [-0.15, -0.1) is 0 Å². The Morgan fingerprint density at radius 2 is 2.06 bits per heavy atom. The molecule has 0 aromatic heterocycles. The summed E-state index contributed by atoms with van der Waals surface area (Å²) in [5.74, 6) is 0.975. The van der Waals surface area contributed by atoms with Gasteiger partial charge in [-0.3, -0.25) is 9.59 Å². The number of hydrogen-bond donors (Lipinski definition) is 2. The van der Waals surface area contributed by atoms with Crippen molar-refractivity contribution in [1.82, 2.24) is 4.90 Å². The number of hydrogen-bond acceptors (Lipinski definition) is 5. The number of benzene rings is 1. The lowest BCUT2D eigenvalue weighted by Gasteiger charge is -2.22. The zero-order valence-corrected chi connectivity index (χ0v) is 18.8. The normalized spacial score (nSPS) is 20.0. The summed E-state index contributed by atoms with van der Waals surface area (Å²) >= 11 is 1.68. The topological polar surface area (TPSA) is 87.1 Å². The van der Waals surface area contributed by atoms with Crippen LogP contribution in [0.25, 0.3) is 0 Å². The quantitative estimate of drug-likeness (QED) is 0.336. The second kappa shape index (κ2) is 12.3. The standard InChI is InChI=1S/C24H33NO5S/c26-21(16-18-3-1-4-19(15-18)17-30-22-9-10-22)8-6-20-7-11-23(27)25(20)12-14-31-13-2-5-24(28)29/h1,3-4,6,8,15,20-22,26H,2,5,7,9-14,16-17H2,(H,28,29)/t20-,21+/m0/s1. The number of aliphatic hydroxyl groups excluding tert-OH is 1. The van der Waals surface area contributed by atoms with Crippen molar-refractivity contribution in [3.05, 3.63) is 47.5 Å². The maximum absolute atomic E-state index is 12.2. The van der Waals surface area contributed by atoms with Crippen molar-refractivity contribution in [3.8, 4) is 0 Å². The number of carboxylic acids is 1. The Morgan fingerprint density at radius 1 is 1.26 bits per heavy atom. The van der Waals surface area contributed by atoms with Crippen LogP contribution < -0.4 is 0 Å². The summed E-state index contributed by atoms with van der Waals surface area (Å²) in [5, 5.41) is 19.2. The van der Waals surface area contributed by atoms with E-state index in [-0.39, 0.29) is 18.4 Å². The van der Waals surface area contributed by atoms with E-state index in [4.69, 9.17) is 9.84 Å². The molecule has 2 N–H and O–H groups in total. The summed E-state index contributed by atoms with van der Waals surface area (Å²) in [6, 6.07) is 8.19. The molecule has 3 rings (SSSR count). The van der Waals surface area contributed by atoms with Crippen LogP contribution in [0, 0.1) is 0 Å². The molecule has 1 aromatic rings. The molecule has 1 heterocycles. The SMILES string of the molecule is O=C(O)CCCSCCN1C(=O)CC[C@@H]1C=C[C@@H](O)Cc1cccc(COC2CC2)c1. The average molecular weight is 448 g/mol. The first-order valence-electron chi connectivity index (χ1n) is 11.2. The van der Waals surface area contributed by atoms with Crippen molar-refractivity contribution in [1.29, 1.82) is 0 Å². The zero-order chi connectivity index (χ0) is 22.1. The lowest BCUT2D eigenvalue weighted by atomic mass is 10.0. The zero-order valence-electron chi connectivity index (χ0n) is 17.9. The maximum atomic E-state index is 12.2. The molecule has 31 heavy (non-hydrogen) atoms. The van der Waals surface area contributed by atoms with Crippen molar-refractivity contribution in [2.75, 3.05) is 18.1 Å². The highest BCUT2D eigenvalue weighted by molar-refractivity contribution is 7.99. The van der Waals surface area contributed by atoms with E-state index in [1.165, 1.54) is 0 Å². The molecule has 1 aliphatic heterocycles. The second-order valence-corrected chi connectivity index (χ2v) is 9.51. The number of aliphatic carboxylic acids is 1. The number of ether oxygens (including phenoxy) is 1. The van der Waals surface area contributed by atoms with Crippen LogP contribution in [-0.2, 0) is 27.4 Å². The number of likely N-dealkylation sites (tertiary alicyclic amines) is 1. The van der Waals surface area contributed by atoms with Crippen molar-refractivity contribution < 1.29 is 24.5 Å². The predicted molar refractivity (Wildman–Crippen MR) is 122 cm³/mol. The van der Waals surface area contributed by atoms with Gasteiger partial charge in [-0.1, -0.05) is 36.4 Å². The van der Waals surface area contributed by atoms with Crippen LogP contribution in [0.5, 0.6) is 0 Å². The summed E-state index contributed by atoms with van der Waals surface area (Å²) in [6.45, 7) is 1.28. The highest BCUT2D eigenvalue weighted by Crippen LogP contribution is 2.25. The number of carbonyl (C=O) groups excluding carboxylic acids is 1. The molecule has 0 bridgehead atoms. The highest BCUT2D eigenvalue weighted by Gasteiger charge is 2.28. The third-order valence-corrected chi connectivity index (χ3v) is 6.58. The Kier molecular flexibility index (Phi) is 9.43. The summed E-state index contributed by atoms with van der Waals surface area (Å²) in [6.07, 6.45) is 8.62. The first-order chi connectivity index (χ1) is 15.0. The first kappa shape index (κ1) is 23.8. The third kappa shape index (κ3) is 8.67. The Hall–Kier alpha value is -1.83. The van der Waals surface area contributed by atoms with Gasteiger partial charge in [0.15, 0.2) is 0 Å². The minimum atomic E-state index is -0.766. The summed E-state index contributed by atoms with van der Waals surface area (Å²) < 4.78 is 5.76. The molecule has 2 fully saturated rings. The first-order valence-corrected chi connectivity index (χ1v) is 12.3. The van der Waals surface area contributed by atoms with Gasteiger partial charge in [-0.25, -0.2) is 0 Å². The molecule has 1 aliphatic carbocycles. The molecule has 1 saturated carbocycles. The molecule has 2 aliphatic rings. The van der Waals surface area contributed by atoms with E-state index in [9.17, 15) is 14.7 Å². The fourth-order valence-corrected chi connectivity index (χ4v) is 4.58. The second-order valence-electron chi connectivity index (χ2n) is 8.29. The van der Waals surface area contributed by atoms with Gasteiger partial charge in [0.05, 0.1) is 24.9 Å². The summed E-state index contributed by atoms with van der Waals surface area (Å²) in [5.41, 5.74) is 2.21. The number of thioether (sulfide) groups is 1. The van der Waals surface area contributed by atoms with Crippen molar-refractivity contribution in [2.24, 2.45) is 0 Å². The summed E-state index contributed by atoms with van der Waals surface area (Å²) in [7, 11) is 0. The number of amides is 1. The number of carbonyl (C=O) groups is 2. The molecule has 7 heteroatoms. The van der Waals surface area contributed by atoms with Gasteiger partial charge in [-0.05, 0) is 42.6 Å². The molecule has 0 unspecified atom stereocenters. The highest BCUT2D eigenvalue weighted by atomic mass is 32.2. The van der Waals surface area contributed by atoms with Crippen LogP contribution in [-0.4, -0.2) is 63.3 Å². The van der Waals surface area contributed by atoms with E-state index in [2.05, 4.69) is 12.1 Å². The number of carboxylic acid groups (broad SMARTS) is 1. The predicted octanol–water partition coefficient (Wildman–Crippen LogP) is 3.41. The molecule has 0 spiro atoms. The Labute approximate surface area is 188 Å². The van der Waals surface area contributed by atoms with Crippen molar-refractivity contribution in [2.45, 2.75) is 69.8 Å². The Balaban J connectivity index is 1.41. The molecular formula is C24H33NO5S. The van der Waals surface area contributed by atoms with Gasteiger partial charge < -0.3 is 19.8 Å². The van der Waals surface area contributed by atoms with Crippen LogP contribution in [0.1, 0.15) is 49.7 Å². The molecule has 2 atom stereocenters. The molecule has 170 valence electrons. The maximum Gasteiger partial charge on any atom is 0.303 e. The van der Waals surface area contributed by atoms with Crippen LogP contribution in [0.15, 0.2) is 36.4 Å². The van der Waals surface area contributed by atoms with E-state index in [1.54, 1.807) is 11.8 Å². The van der Waals surface area contributed by atoms with Gasteiger partial charge >= 0.3 is 5.97 Å². The fourth-order valence-electron chi connectivity index (χ4n) is 3.70. The van der Waals surface area contributed by atoms with Crippen LogP contribution >= 0.6 is 11.8 Å². The van der Waals surface area contributed by atoms with Gasteiger partial charge in [0.2, 0.25) is 5.91 Å². The van der Waals surface area contributed by atoms with E-state index < -0.39 is 12.1 Å². The lowest BCUT2D eigenvalue weighted by Crippen LogP contribution is -2.34. The van der Waals surface area contributed by atoms with E-state index in [1.807, 2.05) is 29.2 Å². The van der Waals surface area contributed by atoms with Crippen LogP contribution in [0.4, 0.5) is 0 Å². The van der Waals surface area contributed by atoms with Gasteiger partial charge in [0.25, 0.3) is 0 Å². The third-order valence-electron chi connectivity index (χ3n) is 5.53. The number of aliphatic hydroxyl groups is 1. The largest absolute Gasteiger partial charge is 0.481 e. The molecular weight excluding hydrogens is 414 g/mol. The molecule has 6 nitrogen and oxygen atoms in total. The minimum absolute atomic E-state index is 0.0278. The average Bonchev–Trinajstić information content (AvgIpc) is 3.51. The summed E-state index contributed by atoms with van der Waals surface area (Å²) in [4.78, 5) is 24.6. The Morgan fingerprint density at radius 3 is 2.84 bits per heavy atom. The molecule has 0 radical (unpaired) electrons. The lowest BCUT2D eigenvalue weighted by molar-refractivity contribution is -0.137. The molecule has 1 amide bonds. The monoisotopic (exact) mass is 447 g/mol. The van der Waals surface area contributed by atoms with Gasteiger partial charge in [0.1, 0.15) is 0 Å². The van der Waals surface area contributed by atoms with Gasteiger partial charge in [0, 0.05) is 31.6 Å². The minimum Gasteiger partial charge on any atom is -0.481 e. The van der Waals surface area contributed by atoms with Crippen LogP contribution in [0.2, 0.25) is 0 Å². The van der Waals surface area contributed by atoms with E-state index >= 15 is 0 Å². The fraction of sp³-hybridized carbons (Fsp3) is 0.583. The van der Waals surface area contributed by atoms with E-state index in [0.29, 0.717) is 38.5 Å². The van der Waals surface area contributed by atoms with Crippen LogP contribution in [0.3, 0.4) is 0 Å².